The molecule has 0 spiro atoms. The average Bonchev–Trinajstić information content (AvgIpc) is 2.43. The minimum atomic E-state index is 0.650. The smallest absolute Gasteiger partial charge is 0.0221 e. The molecule has 0 aromatic carbocycles. The Labute approximate surface area is 114 Å². The van der Waals surface area contributed by atoms with E-state index in [0.717, 1.165) is 12.6 Å². The van der Waals surface area contributed by atoms with E-state index in [1.54, 1.807) is 0 Å². The predicted molar refractivity (Wildman–Crippen MR) is 80.9 cm³/mol. The lowest BCUT2D eigenvalue weighted by Gasteiger charge is -2.40. The van der Waals surface area contributed by atoms with Gasteiger partial charge in [-0.3, -0.25) is 4.90 Å². The third-order valence-electron chi connectivity index (χ3n) is 4.53. The maximum absolute atomic E-state index is 6.02. The van der Waals surface area contributed by atoms with Crippen molar-refractivity contribution in [2.24, 2.45) is 5.73 Å². The van der Waals surface area contributed by atoms with E-state index in [4.69, 9.17) is 5.73 Å². The highest BCUT2D eigenvalue weighted by Crippen LogP contribution is 2.24. The van der Waals surface area contributed by atoms with Crippen molar-refractivity contribution in [1.82, 2.24) is 4.90 Å². The van der Waals surface area contributed by atoms with Crippen LogP contribution in [-0.4, -0.2) is 30.1 Å². The third-order valence-corrected chi connectivity index (χ3v) is 4.53. The molecular weight excluding hydrogens is 220 g/mol. The van der Waals surface area contributed by atoms with Gasteiger partial charge in [0.05, 0.1) is 0 Å². The zero-order valence-electron chi connectivity index (χ0n) is 12.7. The van der Waals surface area contributed by atoms with Gasteiger partial charge in [-0.25, -0.2) is 0 Å². The van der Waals surface area contributed by atoms with Crippen molar-refractivity contribution in [2.75, 3.05) is 13.1 Å². The minimum absolute atomic E-state index is 0.650. The Balaban J connectivity index is 2.29. The standard InChI is InChI=1S/C16H34N2/c1-3-5-6-7-8-12-16(14-17)18-13-10-9-11-15(18)4-2/h15-16H,3-14,17H2,1-2H3. The van der Waals surface area contributed by atoms with Gasteiger partial charge in [0, 0.05) is 18.6 Å². The van der Waals surface area contributed by atoms with Crippen LogP contribution in [0.1, 0.15) is 78.1 Å². The first-order chi connectivity index (χ1) is 8.83. The molecule has 1 saturated heterocycles. The van der Waals surface area contributed by atoms with Crippen LogP contribution in [0.2, 0.25) is 0 Å². The molecule has 1 rings (SSSR count). The van der Waals surface area contributed by atoms with Crippen molar-refractivity contribution in [3.8, 4) is 0 Å². The highest BCUT2D eigenvalue weighted by molar-refractivity contribution is 4.82. The number of nitrogens with two attached hydrogens (primary N) is 1. The summed E-state index contributed by atoms with van der Waals surface area (Å²) in [5.74, 6) is 0. The summed E-state index contributed by atoms with van der Waals surface area (Å²) in [5.41, 5.74) is 6.02. The normalized spacial score (nSPS) is 23.2. The molecule has 0 radical (unpaired) electrons. The molecule has 0 aliphatic carbocycles. The third kappa shape index (κ3) is 5.27. The van der Waals surface area contributed by atoms with Crippen LogP contribution in [-0.2, 0) is 0 Å². The number of unbranched alkanes of at least 4 members (excludes halogenated alkanes) is 4. The lowest BCUT2D eigenvalue weighted by atomic mass is 9.95. The number of rotatable bonds is 9. The Bertz CT molecular complexity index is 194. The Kier molecular flexibility index (Phi) is 8.70. The van der Waals surface area contributed by atoms with E-state index in [1.165, 1.54) is 70.8 Å². The van der Waals surface area contributed by atoms with Crippen LogP contribution >= 0.6 is 0 Å². The van der Waals surface area contributed by atoms with Crippen molar-refractivity contribution >= 4 is 0 Å². The molecule has 1 fully saturated rings. The number of nitrogens with zero attached hydrogens (tertiary/aromatic N) is 1. The molecule has 0 aromatic heterocycles. The van der Waals surface area contributed by atoms with Gasteiger partial charge >= 0.3 is 0 Å². The van der Waals surface area contributed by atoms with Crippen molar-refractivity contribution in [2.45, 2.75) is 90.1 Å². The van der Waals surface area contributed by atoms with Crippen LogP contribution in [0.25, 0.3) is 0 Å². The van der Waals surface area contributed by atoms with E-state index in [-0.39, 0.29) is 0 Å². The van der Waals surface area contributed by atoms with Gasteiger partial charge in [0.25, 0.3) is 0 Å². The van der Waals surface area contributed by atoms with E-state index < -0.39 is 0 Å². The molecule has 2 nitrogen and oxygen atoms in total. The summed E-state index contributed by atoms with van der Waals surface area (Å²) in [7, 11) is 0. The summed E-state index contributed by atoms with van der Waals surface area (Å²) in [6.07, 6.45) is 13.7. The maximum atomic E-state index is 6.02. The van der Waals surface area contributed by atoms with Gasteiger partial charge in [-0.1, -0.05) is 52.4 Å². The number of hydrogen-bond donors (Lipinski definition) is 1. The van der Waals surface area contributed by atoms with Crippen molar-refractivity contribution in [3.63, 3.8) is 0 Å². The second-order valence-corrected chi connectivity index (χ2v) is 5.89. The van der Waals surface area contributed by atoms with Crippen LogP contribution in [0.15, 0.2) is 0 Å². The molecule has 0 aromatic rings. The molecule has 2 unspecified atom stereocenters. The zero-order chi connectivity index (χ0) is 13.2. The lowest BCUT2D eigenvalue weighted by Crippen LogP contribution is -2.49. The molecule has 2 atom stereocenters. The first-order valence-corrected chi connectivity index (χ1v) is 8.29. The zero-order valence-corrected chi connectivity index (χ0v) is 12.7. The Morgan fingerprint density at radius 1 is 1.11 bits per heavy atom. The molecule has 108 valence electrons. The lowest BCUT2D eigenvalue weighted by molar-refractivity contribution is 0.0888. The highest BCUT2D eigenvalue weighted by atomic mass is 15.2. The van der Waals surface area contributed by atoms with Gasteiger partial charge in [-0.15, -0.1) is 0 Å². The van der Waals surface area contributed by atoms with E-state index in [1.807, 2.05) is 0 Å². The molecule has 2 N–H and O–H groups in total. The molecule has 2 heteroatoms. The molecule has 1 aliphatic rings. The molecule has 18 heavy (non-hydrogen) atoms. The maximum Gasteiger partial charge on any atom is 0.0221 e. The second-order valence-electron chi connectivity index (χ2n) is 5.89. The first kappa shape index (κ1) is 16.0. The molecule has 0 saturated carbocycles. The monoisotopic (exact) mass is 254 g/mol. The largest absolute Gasteiger partial charge is 0.329 e. The van der Waals surface area contributed by atoms with Crippen molar-refractivity contribution in [3.05, 3.63) is 0 Å². The summed E-state index contributed by atoms with van der Waals surface area (Å²) >= 11 is 0. The summed E-state index contributed by atoms with van der Waals surface area (Å²) < 4.78 is 0. The highest BCUT2D eigenvalue weighted by Gasteiger charge is 2.26. The minimum Gasteiger partial charge on any atom is -0.329 e. The SMILES string of the molecule is CCCCCCCC(CN)N1CCCCC1CC. The summed E-state index contributed by atoms with van der Waals surface area (Å²) in [6, 6.07) is 1.46. The van der Waals surface area contributed by atoms with Crippen LogP contribution in [0.3, 0.4) is 0 Å². The van der Waals surface area contributed by atoms with Crippen LogP contribution in [0.5, 0.6) is 0 Å². The fourth-order valence-corrected chi connectivity index (χ4v) is 3.34. The van der Waals surface area contributed by atoms with Crippen LogP contribution in [0.4, 0.5) is 0 Å². The molecule has 0 amide bonds. The van der Waals surface area contributed by atoms with Gasteiger partial charge in [0.2, 0.25) is 0 Å². The van der Waals surface area contributed by atoms with E-state index in [2.05, 4.69) is 18.7 Å². The van der Waals surface area contributed by atoms with Crippen molar-refractivity contribution < 1.29 is 0 Å². The number of likely N-dealkylation sites (tertiary alicyclic amines) is 1. The van der Waals surface area contributed by atoms with Crippen LogP contribution in [0, 0.1) is 0 Å². The Morgan fingerprint density at radius 2 is 1.89 bits per heavy atom. The van der Waals surface area contributed by atoms with Gasteiger partial charge in [0.1, 0.15) is 0 Å². The summed E-state index contributed by atoms with van der Waals surface area (Å²) in [4.78, 5) is 2.73. The second kappa shape index (κ2) is 9.80. The summed E-state index contributed by atoms with van der Waals surface area (Å²) in [6.45, 7) is 6.75. The van der Waals surface area contributed by atoms with E-state index in [0.29, 0.717) is 6.04 Å². The van der Waals surface area contributed by atoms with Gasteiger partial charge in [-0.2, -0.15) is 0 Å². The van der Waals surface area contributed by atoms with Gasteiger partial charge in [-0.05, 0) is 32.2 Å². The van der Waals surface area contributed by atoms with E-state index in [9.17, 15) is 0 Å². The summed E-state index contributed by atoms with van der Waals surface area (Å²) in [5, 5.41) is 0. The van der Waals surface area contributed by atoms with Crippen molar-refractivity contribution in [1.29, 1.82) is 0 Å². The molecule has 1 heterocycles. The molecule has 0 bridgehead atoms. The average molecular weight is 254 g/mol. The fraction of sp³-hybridized carbons (Fsp3) is 1.00. The molecule has 1 aliphatic heterocycles. The molecular formula is C16H34N2. The predicted octanol–water partition coefficient (Wildman–Crippen LogP) is 3.94. The topological polar surface area (TPSA) is 29.3 Å². The Morgan fingerprint density at radius 3 is 2.56 bits per heavy atom. The van der Waals surface area contributed by atoms with Crippen LogP contribution < -0.4 is 5.73 Å². The van der Waals surface area contributed by atoms with Gasteiger partial charge < -0.3 is 5.73 Å². The quantitative estimate of drug-likeness (QED) is 0.632. The van der Waals surface area contributed by atoms with E-state index >= 15 is 0 Å². The number of piperidine rings is 1. The van der Waals surface area contributed by atoms with Gasteiger partial charge in [0.15, 0.2) is 0 Å². The Hall–Kier alpha value is -0.0800. The fourth-order valence-electron chi connectivity index (χ4n) is 3.34. The number of hydrogen-bond acceptors (Lipinski definition) is 2. The first-order valence-electron chi connectivity index (χ1n) is 8.29.